The molecule has 7 nitrogen and oxygen atoms in total. The van der Waals surface area contributed by atoms with Gasteiger partial charge in [0, 0.05) is 19.0 Å². The summed E-state index contributed by atoms with van der Waals surface area (Å²) in [5.41, 5.74) is 0.914. The van der Waals surface area contributed by atoms with Crippen LogP contribution >= 0.6 is 0 Å². The third-order valence-electron chi connectivity index (χ3n) is 5.29. The predicted octanol–water partition coefficient (Wildman–Crippen LogP) is 3.49. The van der Waals surface area contributed by atoms with E-state index in [-0.39, 0.29) is 11.9 Å². The summed E-state index contributed by atoms with van der Waals surface area (Å²) in [6, 6.07) is 6.84. The summed E-state index contributed by atoms with van der Waals surface area (Å²) in [7, 11) is -3.30. The Bertz CT molecular complexity index is 899. The Morgan fingerprint density at radius 1 is 1.14 bits per heavy atom. The van der Waals surface area contributed by atoms with Crippen LogP contribution in [0.2, 0.25) is 0 Å². The molecule has 29 heavy (non-hydrogen) atoms. The van der Waals surface area contributed by atoms with Gasteiger partial charge in [-0.15, -0.1) is 0 Å². The summed E-state index contributed by atoms with van der Waals surface area (Å²) < 4.78 is 44.6. The van der Waals surface area contributed by atoms with Crippen molar-refractivity contribution in [3.63, 3.8) is 0 Å². The van der Waals surface area contributed by atoms with Crippen LogP contribution in [0.4, 0.5) is 10.4 Å². The molecular formula is C20H29FN4O3S. The minimum Gasteiger partial charge on any atom is -0.335 e. The fourth-order valence-corrected chi connectivity index (χ4v) is 4.19. The number of hydrogen-bond acceptors (Lipinski definition) is 6. The molecule has 1 heterocycles. The number of nitrogens with zero attached hydrogens (tertiary/aromatic N) is 2. The molecule has 1 saturated carbocycles. The van der Waals surface area contributed by atoms with Crippen molar-refractivity contribution in [1.29, 1.82) is 0 Å². The van der Waals surface area contributed by atoms with Crippen molar-refractivity contribution < 1.29 is 17.3 Å². The van der Waals surface area contributed by atoms with Crippen LogP contribution in [0, 0.1) is 11.7 Å². The van der Waals surface area contributed by atoms with Gasteiger partial charge >= 0.3 is 6.01 Å². The second-order valence-corrected chi connectivity index (χ2v) is 11.2. The predicted molar refractivity (Wildman–Crippen MR) is 110 cm³/mol. The van der Waals surface area contributed by atoms with Gasteiger partial charge in [-0.05, 0) is 70.1 Å². The lowest BCUT2D eigenvalue weighted by molar-refractivity contribution is 0.329. The quantitative estimate of drug-likeness (QED) is 0.706. The maximum atomic E-state index is 13.0. The Labute approximate surface area is 171 Å². The third-order valence-corrected chi connectivity index (χ3v) is 7.45. The monoisotopic (exact) mass is 424 g/mol. The van der Waals surface area contributed by atoms with Crippen molar-refractivity contribution >= 4 is 16.0 Å². The number of hydrogen-bond donors (Lipinski definition) is 2. The Hall–Kier alpha value is -2.00. The molecule has 1 aromatic heterocycles. The van der Waals surface area contributed by atoms with Crippen LogP contribution in [0.3, 0.4) is 0 Å². The number of sulfonamides is 1. The molecule has 1 aromatic carbocycles. The first-order chi connectivity index (χ1) is 13.6. The highest BCUT2D eigenvalue weighted by Crippen LogP contribution is 2.26. The fraction of sp³-hybridized carbons (Fsp3) is 0.600. The molecule has 0 amide bonds. The smallest absolute Gasteiger partial charge is 0.321 e. The molecule has 0 aliphatic heterocycles. The van der Waals surface area contributed by atoms with Crippen molar-refractivity contribution in [2.24, 2.45) is 5.92 Å². The molecule has 160 valence electrons. The number of aromatic nitrogens is 2. The Kier molecular flexibility index (Phi) is 6.58. The van der Waals surface area contributed by atoms with Crippen molar-refractivity contribution in [3.05, 3.63) is 41.5 Å². The van der Waals surface area contributed by atoms with Crippen molar-refractivity contribution in [3.8, 4) is 0 Å². The minimum absolute atomic E-state index is 0.226. The van der Waals surface area contributed by atoms with E-state index in [1.807, 2.05) is 0 Å². The zero-order valence-electron chi connectivity index (χ0n) is 17.1. The first kappa shape index (κ1) is 21.7. The lowest BCUT2D eigenvalue weighted by atomic mass is 9.86. The Morgan fingerprint density at radius 2 is 1.79 bits per heavy atom. The summed E-state index contributed by atoms with van der Waals surface area (Å²) in [6.45, 7) is 5.58. The standard InChI is InChI=1S/C20H29FN4O3S/c1-20(2,3)29(26,27)22-13-15-6-10-17(11-7-15)23-19-24-18(25-28-19)12-14-4-8-16(21)9-5-14/h4-5,8-9,15,17,22H,6-7,10-13H2,1-3H3,(H,23,24,25)/t15-,17-. The Balaban J connectivity index is 1.44. The minimum atomic E-state index is -3.30. The van der Waals surface area contributed by atoms with Gasteiger partial charge in [-0.25, -0.2) is 17.5 Å². The van der Waals surface area contributed by atoms with Crippen LogP contribution in [0.25, 0.3) is 0 Å². The topological polar surface area (TPSA) is 97.1 Å². The van der Waals surface area contributed by atoms with Crippen LogP contribution in [0.15, 0.2) is 28.8 Å². The van der Waals surface area contributed by atoms with E-state index in [4.69, 9.17) is 4.52 Å². The van der Waals surface area contributed by atoms with E-state index in [0.717, 1.165) is 31.2 Å². The van der Waals surface area contributed by atoms with E-state index < -0.39 is 14.8 Å². The van der Waals surface area contributed by atoms with E-state index >= 15 is 0 Å². The number of halogens is 1. The highest BCUT2D eigenvalue weighted by molar-refractivity contribution is 7.90. The number of rotatable bonds is 7. The van der Waals surface area contributed by atoms with E-state index in [1.54, 1.807) is 32.9 Å². The lowest BCUT2D eigenvalue weighted by Gasteiger charge is -2.29. The van der Waals surface area contributed by atoms with Gasteiger partial charge in [0.05, 0.1) is 4.75 Å². The van der Waals surface area contributed by atoms with Crippen LogP contribution in [0.1, 0.15) is 57.8 Å². The molecule has 0 saturated heterocycles. The van der Waals surface area contributed by atoms with Gasteiger partial charge in [0.2, 0.25) is 10.0 Å². The number of anilines is 1. The SMILES string of the molecule is CC(C)(C)S(=O)(=O)NC[C@H]1CC[C@H](Nc2nc(Cc3ccc(F)cc3)no2)CC1. The van der Waals surface area contributed by atoms with Crippen LogP contribution in [0.5, 0.6) is 0 Å². The molecule has 1 aliphatic rings. The molecule has 0 spiro atoms. The van der Waals surface area contributed by atoms with E-state index in [0.29, 0.717) is 30.7 Å². The zero-order valence-corrected chi connectivity index (χ0v) is 17.9. The molecule has 2 N–H and O–H groups in total. The third kappa shape index (κ3) is 5.99. The van der Waals surface area contributed by atoms with E-state index in [1.165, 1.54) is 12.1 Å². The van der Waals surface area contributed by atoms with Gasteiger partial charge in [0.1, 0.15) is 5.82 Å². The van der Waals surface area contributed by atoms with Gasteiger partial charge in [0.25, 0.3) is 0 Å². The van der Waals surface area contributed by atoms with Crippen molar-refractivity contribution in [1.82, 2.24) is 14.9 Å². The van der Waals surface area contributed by atoms with Crippen molar-refractivity contribution in [2.45, 2.75) is 63.7 Å². The highest BCUT2D eigenvalue weighted by atomic mass is 32.2. The molecular weight excluding hydrogens is 395 g/mol. The van der Waals surface area contributed by atoms with E-state index in [9.17, 15) is 12.8 Å². The van der Waals surface area contributed by atoms with Gasteiger partial charge in [-0.1, -0.05) is 17.3 Å². The first-order valence-electron chi connectivity index (χ1n) is 9.95. The molecule has 0 radical (unpaired) electrons. The van der Waals surface area contributed by atoms with Crippen LogP contribution < -0.4 is 10.0 Å². The fourth-order valence-electron chi connectivity index (χ4n) is 3.30. The largest absolute Gasteiger partial charge is 0.335 e. The van der Waals surface area contributed by atoms with Crippen molar-refractivity contribution in [2.75, 3.05) is 11.9 Å². The van der Waals surface area contributed by atoms with E-state index in [2.05, 4.69) is 20.2 Å². The molecule has 0 bridgehead atoms. The van der Waals surface area contributed by atoms with Gasteiger partial charge in [-0.3, -0.25) is 0 Å². The van der Waals surface area contributed by atoms with Gasteiger partial charge in [-0.2, -0.15) is 4.98 Å². The summed E-state index contributed by atoms with van der Waals surface area (Å²) in [5, 5.41) is 7.25. The molecule has 3 rings (SSSR count). The van der Waals surface area contributed by atoms with Gasteiger partial charge in [0.15, 0.2) is 5.82 Å². The van der Waals surface area contributed by atoms with Crippen LogP contribution in [-0.4, -0.2) is 35.9 Å². The highest BCUT2D eigenvalue weighted by Gasteiger charge is 2.30. The first-order valence-corrected chi connectivity index (χ1v) is 11.4. The molecule has 9 heteroatoms. The Morgan fingerprint density at radius 3 is 2.41 bits per heavy atom. The normalized spacial score (nSPS) is 20.6. The molecule has 1 aliphatic carbocycles. The lowest BCUT2D eigenvalue weighted by Crippen LogP contribution is -2.42. The second kappa shape index (κ2) is 8.79. The molecule has 1 fully saturated rings. The number of nitrogens with one attached hydrogen (secondary N) is 2. The maximum Gasteiger partial charge on any atom is 0.321 e. The summed E-state index contributed by atoms with van der Waals surface area (Å²) in [4.78, 5) is 4.36. The van der Waals surface area contributed by atoms with Crippen LogP contribution in [-0.2, 0) is 16.4 Å². The summed E-state index contributed by atoms with van der Waals surface area (Å²) in [6.07, 6.45) is 4.17. The maximum absolute atomic E-state index is 13.0. The summed E-state index contributed by atoms with van der Waals surface area (Å²) >= 11 is 0. The molecule has 0 unspecified atom stereocenters. The number of benzene rings is 1. The average molecular weight is 425 g/mol. The van der Waals surface area contributed by atoms with Gasteiger partial charge < -0.3 is 9.84 Å². The zero-order chi connectivity index (χ0) is 21.1. The second-order valence-electron chi connectivity index (χ2n) is 8.65. The average Bonchev–Trinajstić information content (AvgIpc) is 3.09. The molecule has 0 atom stereocenters. The molecule has 2 aromatic rings. The summed E-state index contributed by atoms with van der Waals surface area (Å²) in [5.74, 6) is 0.609.